The van der Waals surface area contributed by atoms with Gasteiger partial charge in [0.05, 0.1) is 10.5 Å². The monoisotopic (exact) mass is 560 g/mol. The number of anilines is 2. The van der Waals surface area contributed by atoms with Crippen molar-refractivity contribution in [2.75, 3.05) is 29.6 Å². The van der Waals surface area contributed by atoms with Gasteiger partial charge in [0.25, 0.3) is 5.91 Å². The molecule has 10 heteroatoms. The topological polar surface area (TPSA) is 75.7 Å². The van der Waals surface area contributed by atoms with Crippen LogP contribution < -0.4 is 15.0 Å². The van der Waals surface area contributed by atoms with Gasteiger partial charge in [-0.3, -0.25) is 4.79 Å². The molecule has 2 aliphatic heterocycles. The van der Waals surface area contributed by atoms with Crippen molar-refractivity contribution in [3.05, 3.63) is 82.4 Å². The summed E-state index contributed by atoms with van der Waals surface area (Å²) in [4.78, 5) is 14.5. The molecule has 2 heterocycles. The van der Waals surface area contributed by atoms with Gasteiger partial charge in [-0.05, 0) is 86.2 Å². The SMILES string of the molecule is Cc1cccc2c1CCN2.Cc1cccc2c1CCN2C(=O)c1cc(S(C)(=O)=O)ccc1O[C@@H](C)C(F)(F)F. The summed E-state index contributed by atoms with van der Waals surface area (Å²) in [5.74, 6) is -0.919. The highest BCUT2D eigenvalue weighted by atomic mass is 32.2. The molecular weight excluding hydrogens is 529 g/mol. The van der Waals surface area contributed by atoms with Crippen LogP contribution in [0.4, 0.5) is 24.5 Å². The fraction of sp³-hybridized carbons (Fsp3) is 0.345. The first-order valence-corrected chi connectivity index (χ1v) is 14.5. The zero-order valence-corrected chi connectivity index (χ0v) is 23.0. The summed E-state index contributed by atoms with van der Waals surface area (Å²) in [7, 11) is -3.67. The van der Waals surface area contributed by atoms with E-state index >= 15 is 0 Å². The molecule has 0 bridgehead atoms. The largest absolute Gasteiger partial charge is 0.480 e. The first-order chi connectivity index (χ1) is 18.3. The molecule has 2 aliphatic rings. The quantitative estimate of drug-likeness (QED) is 0.431. The van der Waals surface area contributed by atoms with Gasteiger partial charge in [0.1, 0.15) is 5.75 Å². The summed E-state index contributed by atoms with van der Waals surface area (Å²) in [6.45, 7) is 6.37. The number of amides is 1. The van der Waals surface area contributed by atoms with Crippen LogP contribution in [-0.2, 0) is 22.7 Å². The van der Waals surface area contributed by atoms with Gasteiger partial charge in [0.2, 0.25) is 0 Å². The van der Waals surface area contributed by atoms with Crippen molar-refractivity contribution in [3.8, 4) is 5.75 Å². The number of nitrogens with zero attached hydrogens (tertiary/aromatic N) is 1. The van der Waals surface area contributed by atoms with Gasteiger partial charge in [0.15, 0.2) is 15.9 Å². The van der Waals surface area contributed by atoms with Crippen LogP contribution in [0.3, 0.4) is 0 Å². The van der Waals surface area contributed by atoms with E-state index in [1.54, 1.807) is 12.1 Å². The Kier molecular flexibility index (Phi) is 7.97. The molecule has 39 heavy (non-hydrogen) atoms. The fourth-order valence-corrected chi connectivity index (χ4v) is 5.40. The molecule has 0 spiro atoms. The van der Waals surface area contributed by atoms with Crippen LogP contribution >= 0.6 is 0 Å². The Balaban J connectivity index is 0.000000292. The summed E-state index contributed by atoms with van der Waals surface area (Å²) in [5, 5.41) is 3.34. The Labute approximate surface area is 226 Å². The van der Waals surface area contributed by atoms with Gasteiger partial charge in [-0.15, -0.1) is 0 Å². The fourth-order valence-electron chi connectivity index (χ4n) is 4.75. The Morgan fingerprint density at radius 2 is 1.67 bits per heavy atom. The van der Waals surface area contributed by atoms with Gasteiger partial charge in [-0.1, -0.05) is 24.3 Å². The first-order valence-electron chi connectivity index (χ1n) is 12.6. The Morgan fingerprint density at radius 3 is 2.31 bits per heavy atom. The van der Waals surface area contributed by atoms with Crippen LogP contribution in [0.25, 0.3) is 0 Å². The number of fused-ring (bicyclic) bond motifs is 2. The smallest absolute Gasteiger partial charge is 0.425 e. The minimum absolute atomic E-state index is 0.170. The number of hydrogen-bond donors (Lipinski definition) is 1. The molecule has 0 unspecified atom stereocenters. The lowest BCUT2D eigenvalue weighted by molar-refractivity contribution is -0.189. The molecule has 208 valence electrons. The number of rotatable bonds is 4. The van der Waals surface area contributed by atoms with Gasteiger partial charge < -0.3 is 15.0 Å². The van der Waals surface area contributed by atoms with Crippen LogP contribution in [0.2, 0.25) is 0 Å². The van der Waals surface area contributed by atoms with Gasteiger partial charge in [0, 0.05) is 30.7 Å². The lowest BCUT2D eigenvalue weighted by Crippen LogP contribution is -2.33. The number of halogens is 3. The second kappa shape index (κ2) is 10.9. The number of carbonyl (C=O) groups excluding carboxylic acids is 1. The molecule has 0 radical (unpaired) electrons. The molecule has 0 saturated heterocycles. The normalized spacial score (nSPS) is 15.0. The zero-order chi connectivity index (χ0) is 28.5. The molecule has 0 aromatic heterocycles. The van der Waals surface area contributed by atoms with Crippen molar-refractivity contribution in [3.63, 3.8) is 0 Å². The Morgan fingerprint density at radius 1 is 1.00 bits per heavy atom. The first kappa shape index (κ1) is 28.5. The average Bonchev–Trinajstić information content (AvgIpc) is 3.52. The summed E-state index contributed by atoms with van der Waals surface area (Å²) in [6, 6.07) is 15.2. The van der Waals surface area contributed by atoms with Crippen molar-refractivity contribution in [1.29, 1.82) is 0 Å². The van der Waals surface area contributed by atoms with Gasteiger partial charge >= 0.3 is 6.18 Å². The second-order valence-corrected chi connectivity index (χ2v) is 11.8. The lowest BCUT2D eigenvalue weighted by atomic mass is 10.1. The van der Waals surface area contributed by atoms with E-state index in [2.05, 4.69) is 30.4 Å². The van der Waals surface area contributed by atoms with E-state index in [1.165, 1.54) is 28.1 Å². The highest BCUT2D eigenvalue weighted by Gasteiger charge is 2.39. The highest BCUT2D eigenvalue weighted by Crippen LogP contribution is 2.35. The van der Waals surface area contributed by atoms with E-state index < -0.39 is 28.0 Å². The molecule has 3 aromatic carbocycles. The maximum atomic E-state index is 13.2. The molecule has 3 aromatic rings. The van der Waals surface area contributed by atoms with Crippen LogP contribution in [0.1, 0.15) is 39.5 Å². The number of alkyl halides is 3. The van der Waals surface area contributed by atoms with Crippen LogP contribution in [0, 0.1) is 13.8 Å². The second-order valence-electron chi connectivity index (χ2n) is 9.79. The van der Waals surface area contributed by atoms with E-state index in [4.69, 9.17) is 4.74 Å². The number of carbonyl (C=O) groups is 1. The van der Waals surface area contributed by atoms with E-state index in [1.807, 2.05) is 13.0 Å². The average molecular weight is 561 g/mol. The molecule has 6 nitrogen and oxygen atoms in total. The van der Waals surface area contributed by atoms with Crippen LogP contribution in [0.5, 0.6) is 5.75 Å². The third-order valence-corrected chi connectivity index (χ3v) is 8.09. The predicted molar refractivity (Wildman–Crippen MR) is 146 cm³/mol. The van der Waals surface area contributed by atoms with Crippen molar-refractivity contribution in [2.24, 2.45) is 0 Å². The van der Waals surface area contributed by atoms with E-state index in [-0.39, 0.29) is 16.2 Å². The van der Waals surface area contributed by atoms with Crippen molar-refractivity contribution < 1.29 is 31.1 Å². The summed E-state index contributed by atoms with van der Waals surface area (Å²) < 4.78 is 67.7. The van der Waals surface area contributed by atoms with E-state index in [0.29, 0.717) is 18.7 Å². The number of aryl methyl sites for hydroxylation is 2. The summed E-state index contributed by atoms with van der Waals surface area (Å²) in [5.41, 5.74) is 6.68. The van der Waals surface area contributed by atoms with Crippen molar-refractivity contribution in [2.45, 2.75) is 50.8 Å². The number of ether oxygens (including phenoxy) is 1. The van der Waals surface area contributed by atoms with Crippen molar-refractivity contribution in [1.82, 2.24) is 0 Å². The minimum Gasteiger partial charge on any atom is -0.480 e. The molecule has 0 fully saturated rings. The molecule has 0 saturated carbocycles. The van der Waals surface area contributed by atoms with E-state index in [9.17, 15) is 26.4 Å². The number of benzene rings is 3. The summed E-state index contributed by atoms with van der Waals surface area (Å²) in [6.07, 6.45) is -4.03. The van der Waals surface area contributed by atoms with Crippen LogP contribution in [-0.4, -0.2) is 46.0 Å². The standard InChI is InChI=1S/C20H20F3NO4S.C9H11N/c1-12-5-4-6-17-15(12)9-10-24(17)19(25)16-11-14(29(3,26)27)7-8-18(16)28-13(2)20(21,22)23;1-7-3-2-4-9-8(7)5-6-10-9/h4-8,11,13H,9-10H2,1-3H3;2-4,10H,5-6H2,1H3/t13-;/m0./s1. The maximum Gasteiger partial charge on any atom is 0.425 e. The Bertz CT molecular complexity index is 1500. The van der Waals surface area contributed by atoms with Crippen LogP contribution in [0.15, 0.2) is 59.5 Å². The maximum absolute atomic E-state index is 13.2. The third-order valence-electron chi connectivity index (χ3n) is 6.98. The molecule has 1 atom stereocenters. The van der Waals surface area contributed by atoms with Crippen molar-refractivity contribution >= 4 is 27.1 Å². The predicted octanol–water partition coefficient (Wildman–Crippen LogP) is 5.89. The molecule has 1 amide bonds. The molecule has 5 rings (SSSR count). The zero-order valence-electron chi connectivity index (χ0n) is 22.2. The molecule has 1 N–H and O–H groups in total. The molecule has 0 aliphatic carbocycles. The van der Waals surface area contributed by atoms with Gasteiger partial charge in [-0.2, -0.15) is 13.2 Å². The highest BCUT2D eigenvalue weighted by molar-refractivity contribution is 7.90. The number of sulfone groups is 1. The Hall–Kier alpha value is -3.53. The van der Waals surface area contributed by atoms with Gasteiger partial charge in [-0.25, -0.2) is 8.42 Å². The number of hydrogen-bond acceptors (Lipinski definition) is 5. The lowest BCUT2D eigenvalue weighted by Gasteiger charge is -2.23. The minimum atomic E-state index is -4.63. The molecular formula is C29H31F3N2O4S. The summed E-state index contributed by atoms with van der Waals surface area (Å²) >= 11 is 0. The number of nitrogens with one attached hydrogen (secondary N) is 1. The third kappa shape index (κ3) is 6.21. The van der Waals surface area contributed by atoms with E-state index in [0.717, 1.165) is 49.1 Å².